The van der Waals surface area contributed by atoms with Crippen LogP contribution in [0.5, 0.6) is 0 Å². The van der Waals surface area contributed by atoms with E-state index in [0.29, 0.717) is 0 Å². The molecule has 0 unspecified atom stereocenters. The van der Waals surface area contributed by atoms with Crippen molar-refractivity contribution in [2.24, 2.45) is 0 Å². The van der Waals surface area contributed by atoms with E-state index in [9.17, 15) is 0 Å². The summed E-state index contributed by atoms with van der Waals surface area (Å²) in [7, 11) is 0. The Morgan fingerprint density at radius 1 is 0.346 bits per heavy atom. The molecule has 0 bridgehead atoms. The van der Waals surface area contributed by atoms with Crippen molar-refractivity contribution in [3.63, 3.8) is 0 Å². The summed E-state index contributed by atoms with van der Waals surface area (Å²) in [6.07, 6.45) is 0. The van der Waals surface area contributed by atoms with Crippen molar-refractivity contribution in [3.8, 4) is 11.1 Å². The summed E-state index contributed by atoms with van der Waals surface area (Å²) in [5.41, 5.74) is 10.9. The molecule has 1 aliphatic rings. The Morgan fingerprint density at radius 2 is 0.827 bits per heavy atom. The smallest absolute Gasteiger partial charge is 0.0720 e. The fraction of sp³-hybridized carbons (Fsp3) is 0.0204. The summed E-state index contributed by atoms with van der Waals surface area (Å²) in [5, 5.41) is 5.19. The van der Waals surface area contributed by atoms with Crippen molar-refractivity contribution in [1.82, 2.24) is 0 Å². The number of hydrogen-bond donors (Lipinski definition) is 0. The van der Waals surface area contributed by atoms with E-state index in [2.05, 4.69) is 193 Å². The quantitative estimate of drug-likeness (QED) is 0.173. The molecule has 52 heavy (non-hydrogen) atoms. The van der Waals surface area contributed by atoms with Gasteiger partial charge in [-0.2, -0.15) is 0 Å². The zero-order chi connectivity index (χ0) is 34.2. The molecule has 0 aliphatic heterocycles. The van der Waals surface area contributed by atoms with Crippen molar-refractivity contribution < 1.29 is 0 Å². The predicted molar refractivity (Wildman–Crippen MR) is 224 cm³/mol. The maximum Gasteiger partial charge on any atom is 0.0720 e. The molecule has 2 heterocycles. The van der Waals surface area contributed by atoms with Crippen LogP contribution in [0.2, 0.25) is 0 Å². The van der Waals surface area contributed by atoms with E-state index in [1.807, 2.05) is 22.7 Å². The number of nitrogens with zero attached hydrogens (tertiary/aromatic N) is 1. The van der Waals surface area contributed by atoms with Gasteiger partial charge in [-0.1, -0.05) is 140 Å². The van der Waals surface area contributed by atoms with Crippen LogP contribution in [-0.4, -0.2) is 0 Å². The van der Waals surface area contributed by atoms with Crippen LogP contribution in [0.1, 0.15) is 22.3 Å². The summed E-state index contributed by atoms with van der Waals surface area (Å²) in [6.45, 7) is 0. The van der Waals surface area contributed by atoms with Crippen LogP contribution in [0.3, 0.4) is 0 Å². The Balaban J connectivity index is 1.30. The minimum absolute atomic E-state index is 0.504. The van der Waals surface area contributed by atoms with Gasteiger partial charge in [0.15, 0.2) is 0 Å². The van der Waals surface area contributed by atoms with E-state index >= 15 is 0 Å². The van der Waals surface area contributed by atoms with E-state index in [0.717, 1.165) is 5.69 Å². The number of anilines is 3. The van der Waals surface area contributed by atoms with Gasteiger partial charge in [0, 0.05) is 46.0 Å². The Labute approximate surface area is 310 Å². The minimum Gasteiger partial charge on any atom is -0.309 e. The van der Waals surface area contributed by atoms with Crippen LogP contribution in [-0.2, 0) is 5.41 Å². The Hall–Kier alpha value is -6.00. The highest BCUT2D eigenvalue weighted by Gasteiger charge is 2.47. The van der Waals surface area contributed by atoms with Gasteiger partial charge in [-0.05, 0) is 81.9 Å². The Morgan fingerprint density at radius 3 is 1.54 bits per heavy atom. The van der Waals surface area contributed by atoms with E-state index in [1.165, 1.54) is 85.1 Å². The van der Waals surface area contributed by atoms with Gasteiger partial charge < -0.3 is 4.90 Å². The summed E-state index contributed by atoms with van der Waals surface area (Å²) >= 11 is 3.77. The molecule has 3 heteroatoms. The standard InChI is InChI=1S/C49H31NS2/c1-3-16-32(17-4-1)49(37-23-10-7-20-34(37)35-21-8-11-24-38(35)49)39-25-13-29-44-47(39)48-41(27-15-31-45(48)52-44)50(33-18-5-2-6-19-33)40-26-14-30-43-46(40)36-22-9-12-28-42(36)51-43/h1-31H. The molecular formula is C49H31NS2. The number of thiophene rings is 2. The van der Waals surface area contributed by atoms with Crippen molar-refractivity contribution in [2.75, 3.05) is 4.90 Å². The third kappa shape index (κ3) is 4.09. The minimum atomic E-state index is -0.504. The number of rotatable bonds is 5. The van der Waals surface area contributed by atoms with Crippen LogP contribution in [0.15, 0.2) is 188 Å². The first kappa shape index (κ1) is 29.7. The van der Waals surface area contributed by atoms with Crippen LogP contribution >= 0.6 is 22.7 Å². The van der Waals surface area contributed by atoms with Gasteiger partial charge in [-0.15, -0.1) is 22.7 Å². The summed E-state index contributed by atoms with van der Waals surface area (Å²) < 4.78 is 5.18. The number of hydrogen-bond acceptors (Lipinski definition) is 3. The lowest BCUT2D eigenvalue weighted by Crippen LogP contribution is -2.28. The topological polar surface area (TPSA) is 3.24 Å². The molecule has 1 aliphatic carbocycles. The summed E-state index contributed by atoms with van der Waals surface area (Å²) in [5.74, 6) is 0. The van der Waals surface area contributed by atoms with Crippen molar-refractivity contribution >= 4 is 80.1 Å². The highest BCUT2D eigenvalue weighted by molar-refractivity contribution is 7.26. The molecule has 0 radical (unpaired) electrons. The first-order valence-corrected chi connectivity index (χ1v) is 19.4. The second-order valence-corrected chi connectivity index (χ2v) is 15.7. The fourth-order valence-corrected chi connectivity index (χ4v) is 11.2. The van der Waals surface area contributed by atoms with Crippen LogP contribution in [0.4, 0.5) is 17.1 Å². The molecule has 0 fully saturated rings. The van der Waals surface area contributed by atoms with Gasteiger partial charge in [0.2, 0.25) is 0 Å². The number of para-hydroxylation sites is 1. The maximum absolute atomic E-state index is 2.51. The van der Waals surface area contributed by atoms with Gasteiger partial charge >= 0.3 is 0 Å². The van der Waals surface area contributed by atoms with E-state index < -0.39 is 5.41 Å². The first-order valence-electron chi connectivity index (χ1n) is 17.8. The van der Waals surface area contributed by atoms with E-state index in [1.54, 1.807) is 0 Å². The van der Waals surface area contributed by atoms with Crippen molar-refractivity contribution in [1.29, 1.82) is 0 Å². The Kier molecular flexibility index (Phi) is 6.57. The van der Waals surface area contributed by atoms with Crippen LogP contribution in [0.25, 0.3) is 51.5 Å². The lowest BCUT2D eigenvalue weighted by atomic mass is 9.66. The van der Waals surface area contributed by atoms with Crippen LogP contribution < -0.4 is 4.90 Å². The largest absolute Gasteiger partial charge is 0.309 e. The molecule has 0 saturated carbocycles. The predicted octanol–water partition coefficient (Wildman–Crippen LogP) is 14.3. The van der Waals surface area contributed by atoms with Crippen molar-refractivity contribution in [3.05, 3.63) is 210 Å². The maximum atomic E-state index is 2.51. The van der Waals surface area contributed by atoms with E-state index in [4.69, 9.17) is 0 Å². The normalized spacial score (nSPS) is 13.2. The molecule has 0 spiro atoms. The van der Waals surface area contributed by atoms with Gasteiger partial charge in [0.25, 0.3) is 0 Å². The highest BCUT2D eigenvalue weighted by Crippen LogP contribution is 2.59. The fourth-order valence-electron chi connectivity index (χ4n) is 8.95. The first-order chi connectivity index (χ1) is 25.8. The third-order valence-electron chi connectivity index (χ3n) is 10.9. The molecule has 244 valence electrons. The average molecular weight is 698 g/mol. The molecule has 0 amide bonds. The van der Waals surface area contributed by atoms with Gasteiger partial charge in [-0.3, -0.25) is 0 Å². The van der Waals surface area contributed by atoms with Crippen molar-refractivity contribution in [2.45, 2.75) is 5.41 Å². The zero-order valence-corrected chi connectivity index (χ0v) is 29.8. The second kappa shape index (κ2) is 11.5. The average Bonchev–Trinajstić information content (AvgIpc) is 3.88. The molecule has 8 aromatic carbocycles. The third-order valence-corrected chi connectivity index (χ3v) is 13.2. The van der Waals surface area contributed by atoms with Gasteiger partial charge in [0.05, 0.1) is 16.8 Å². The molecule has 1 nitrogen and oxygen atoms in total. The molecule has 0 atom stereocenters. The lowest BCUT2D eigenvalue weighted by Gasteiger charge is -2.35. The van der Waals surface area contributed by atoms with Crippen LogP contribution in [0, 0.1) is 0 Å². The highest BCUT2D eigenvalue weighted by atomic mass is 32.1. The zero-order valence-electron chi connectivity index (χ0n) is 28.2. The Bertz CT molecular complexity index is 2930. The molecule has 11 rings (SSSR count). The van der Waals surface area contributed by atoms with E-state index in [-0.39, 0.29) is 0 Å². The summed E-state index contributed by atoms with van der Waals surface area (Å²) in [6, 6.07) is 69.7. The van der Waals surface area contributed by atoms with Gasteiger partial charge in [0.1, 0.15) is 0 Å². The molecule has 10 aromatic rings. The molecule has 0 saturated heterocycles. The summed E-state index contributed by atoms with van der Waals surface area (Å²) in [4.78, 5) is 2.51. The molecular weight excluding hydrogens is 667 g/mol. The molecule has 2 aromatic heterocycles. The lowest BCUT2D eigenvalue weighted by molar-refractivity contribution is 0.777. The second-order valence-electron chi connectivity index (χ2n) is 13.6. The SMILES string of the molecule is c1ccc(N(c2cccc3sc4ccccc4c23)c2cccc3sc4cccc(C5(c6ccccc6)c6ccccc6-c6ccccc65)c4c23)cc1. The number of benzene rings is 8. The van der Waals surface area contributed by atoms with Gasteiger partial charge in [-0.25, -0.2) is 0 Å². The molecule has 0 N–H and O–H groups in total. The monoisotopic (exact) mass is 697 g/mol. The number of fused-ring (bicyclic) bond motifs is 9.